The molecule has 13 heavy (non-hydrogen) atoms. The summed E-state index contributed by atoms with van der Waals surface area (Å²) in [5.41, 5.74) is 0. The van der Waals surface area contributed by atoms with Gasteiger partial charge in [-0.2, -0.15) is 0 Å². The number of hydrogen-bond donors (Lipinski definition) is 1. The van der Waals surface area contributed by atoms with Crippen molar-refractivity contribution in [1.82, 2.24) is 5.32 Å². The molecule has 0 aliphatic carbocycles. The molecule has 0 saturated heterocycles. The normalized spacial score (nSPS) is 9.54. The van der Waals surface area contributed by atoms with E-state index in [1.165, 1.54) is 7.11 Å². The maximum Gasteiger partial charge on any atom is 0.407 e. The molecule has 0 fully saturated rings. The number of nitrogens with one attached hydrogen (secondary N) is 1. The van der Waals surface area contributed by atoms with Crippen molar-refractivity contribution in [1.29, 1.82) is 0 Å². The summed E-state index contributed by atoms with van der Waals surface area (Å²) in [7, 11) is 1.25. The van der Waals surface area contributed by atoms with Gasteiger partial charge >= 0.3 is 12.1 Å². The van der Waals surface area contributed by atoms with Gasteiger partial charge in [-0.1, -0.05) is 13.8 Å². The van der Waals surface area contributed by atoms with Crippen LogP contribution in [0.25, 0.3) is 0 Å². The van der Waals surface area contributed by atoms with E-state index in [0.717, 1.165) is 0 Å². The Balaban J connectivity index is 3.46. The van der Waals surface area contributed by atoms with Gasteiger partial charge in [0.2, 0.25) is 0 Å². The summed E-state index contributed by atoms with van der Waals surface area (Å²) >= 11 is 0. The molecule has 0 spiro atoms. The van der Waals surface area contributed by atoms with Crippen molar-refractivity contribution < 1.29 is 19.1 Å². The van der Waals surface area contributed by atoms with Crippen LogP contribution >= 0.6 is 0 Å². The van der Waals surface area contributed by atoms with Crippen molar-refractivity contribution in [2.75, 3.05) is 20.3 Å². The lowest BCUT2D eigenvalue weighted by Gasteiger charge is -2.07. The molecule has 1 amide bonds. The molecule has 0 rings (SSSR count). The first-order valence-corrected chi connectivity index (χ1v) is 4.03. The first-order chi connectivity index (χ1) is 6.06. The predicted molar refractivity (Wildman–Crippen MR) is 46.2 cm³/mol. The Labute approximate surface area is 77.4 Å². The lowest BCUT2D eigenvalue weighted by atomic mass is 10.2. The molecule has 0 radical (unpaired) electrons. The van der Waals surface area contributed by atoms with Crippen molar-refractivity contribution in [2.45, 2.75) is 13.8 Å². The highest BCUT2D eigenvalue weighted by Crippen LogP contribution is 1.92. The van der Waals surface area contributed by atoms with Crippen molar-refractivity contribution >= 4 is 12.1 Å². The van der Waals surface area contributed by atoms with Gasteiger partial charge in [-0.3, -0.25) is 4.79 Å². The Hall–Kier alpha value is -1.26. The Bertz CT molecular complexity index is 179. The average Bonchev–Trinajstić information content (AvgIpc) is 2.10. The second-order valence-electron chi connectivity index (χ2n) is 2.92. The van der Waals surface area contributed by atoms with Gasteiger partial charge in [0, 0.05) is 0 Å². The van der Waals surface area contributed by atoms with Crippen LogP contribution < -0.4 is 5.32 Å². The van der Waals surface area contributed by atoms with E-state index in [1.54, 1.807) is 0 Å². The SMILES string of the molecule is COC(=O)CNC(=O)OCC(C)C. The number of carbonyl (C=O) groups excluding carboxylic acids is 2. The minimum absolute atomic E-state index is 0.159. The third kappa shape index (κ3) is 7.11. The van der Waals surface area contributed by atoms with Crippen LogP contribution in [0.1, 0.15) is 13.8 Å². The van der Waals surface area contributed by atoms with E-state index < -0.39 is 12.1 Å². The zero-order chi connectivity index (χ0) is 10.3. The molecule has 0 atom stereocenters. The van der Waals surface area contributed by atoms with E-state index in [9.17, 15) is 9.59 Å². The minimum Gasteiger partial charge on any atom is -0.468 e. The molecular weight excluding hydrogens is 174 g/mol. The van der Waals surface area contributed by atoms with Crippen LogP contribution in [-0.2, 0) is 14.3 Å². The lowest BCUT2D eigenvalue weighted by molar-refractivity contribution is -0.139. The van der Waals surface area contributed by atoms with Crippen LogP contribution in [0.3, 0.4) is 0 Å². The van der Waals surface area contributed by atoms with E-state index >= 15 is 0 Å². The van der Waals surface area contributed by atoms with Crippen molar-refractivity contribution in [3.63, 3.8) is 0 Å². The minimum atomic E-state index is -0.598. The first-order valence-electron chi connectivity index (χ1n) is 4.03. The fourth-order valence-corrected chi connectivity index (χ4v) is 0.510. The number of alkyl carbamates (subject to hydrolysis) is 1. The van der Waals surface area contributed by atoms with Crippen LogP contribution in [0.5, 0.6) is 0 Å². The van der Waals surface area contributed by atoms with Gasteiger partial charge < -0.3 is 14.8 Å². The number of amides is 1. The molecule has 5 nitrogen and oxygen atoms in total. The number of esters is 1. The number of methoxy groups -OCH3 is 1. The largest absolute Gasteiger partial charge is 0.468 e. The highest BCUT2D eigenvalue weighted by Gasteiger charge is 2.06. The standard InChI is InChI=1S/C8H15NO4/c1-6(2)5-13-8(11)9-4-7(10)12-3/h6H,4-5H2,1-3H3,(H,9,11). The second-order valence-corrected chi connectivity index (χ2v) is 2.92. The second kappa shape index (κ2) is 6.28. The van der Waals surface area contributed by atoms with Crippen molar-refractivity contribution in [3.8, 4) is 0 Å². The van der Waals surface area contributed by atoms with Gasteiger partial charge in [0.25, 0.3) is 0 Å². The van der Waals surface area contributed by atoms with Gasteiger partial charge in [0.05, 0.1) is 13.7 Å². The van der Waals surface area contributed by atoms with Crippen molar-refractivity contribution in [3.05, 3.63) is 0 Å². The monoisotopic (exact) mass is 189 g/mol. The predicted octanol–water partition coefficient (Wildman–Crippen LogP) is 0.542. The van der Waals surface area contributed by atoms with E-state index in [-0.39, 0.29) is 12.5 Å². The lowest BCUT2D eigenvalue weighted by Crippen LogP contribution is -2.31. The molecule has 0 heterocycles. The molecular formula is C8H15NO4. The molecule has 0 saturated carbocycles. The summed E-state index contributed by atoms with van der Waals surface area (Å²) in [5, 5.41) is 2.25. The molecule has 0 aromatic heterocycles. The van der Waals surface area contributed by atoms with E-state index in [4.69, 9.17) is 4.74 Å². The number of hydrogen-bond acceptors (Lipinski definition) is 4. The topological polar surface area (TPSA) is 64.6 Å². The van der Waals surface area contributed by atoms with Crippen LogP contribution in [0.15, 0.2) is 0 Å². The van der Waals surface area contributed by atoms with Gasteiger partial charge in [-0.05, 0) is 5.92 Å². The van der Waals surface area contributed by atoms with Gasteiger partial charge in [-0.25, -0.2) is 4.79 Å². The smallest absolute Gasteiger partial charge is 0.407 e. The van der Waals surface area contributed by atoms with Crippen LogP contribution in [-0.4, -0.2) is 32.3 Å². The molecule has 0 bridgehead atoms. The zero-order valence-electron chi connectivity index (χ0n) is 8.12. The molecule has 0 aromatic rings. The Morgan fingerprint density at radius 3 is 2.46 bits per heavy atom. The first kappa shape index (κ1) is 11.7. The van der Waals surface area contributed by atoms with Gasteiger partial charge in [-0.15, -0.1) is 0 Å². The average molecular weight is 189 g/mol. The molecule has 0 aromatic carbocycles. The summed E-state index contributed by atoms with van der Waals surface area (Å²) in [4.78, 5) is 21.4. The highest BCUT2D eigenvalue weighted by atomic mass is 16.6. The summed E-state index contributed by atoms with van der Waals surface area (Å²) in [6.45, 7) is 4.03. The molecule has 5 heteroatoms. The van der Waals surface area contributed by atoms with E-state index in [1.807, 2.05) is 13.8 Å². The third-order valence-corrected chi connectivity index (χ3v) is 1.15. The number of ether oxygens (including phenoxy) is 2. The van der Waals surface area contributed by atoms with Gasteiger partial charge in [0.15, 0.2) is 0 Å². The number of carbonyl (C=O) groups is 2. The summed E-state index contributed by atoms with van der Waals surface area (Å²) in [6, 6.07) is 0. The van der Waals surface area contributed by atoms with Crippen LogP contribution in [0.4, 0.5) is 4.79 Å². The maximum atomic E-state index is 10.8. The highest BCUT2D eigenvalue weighted by molar-refractivity contribution is 5.77. The molecule has 0 aliphatic heterocycles. The molecule has 1 N–H and O–H groups in total. The summed E-state index contributed by atoms with van der Waals surface area (Å²) in [6.07, 6.45) is -0.598. The summed E-state index contributed by atoms with van der Waals surface area (Å²) in [5.74, 6) is -0.217. The zero-order valence-corrected chi connectivity index (χ0v) is 8.12. The Morgan fingerprint density at radius 2 is 2.00 bits per heavy atom. The Morgan fingerprint density at radius 1 is 1.38 bits per heavy atom. The van der Waals surface area contributed by atoms with Crippen molar-refractivity contribution in [2.24, 2.45) is 5.92 Å². The fourth-order valence-electron chi connectivity index (χ4n) is 0.510. The summed E-state index contributed by atoms with van der Waals surface area (Å²) < 4.78 is 9.06. The fraction of sp³-hybridized carbons (Fsp3) is 0.750. The molecule has 76 valence electrons. The number of rotatable bonds is 4. The van der Waals surface area contributed by atoms with Crippen LogP contribution in [0, 0.1) is 5.92 Å². The quantitative estimate of drug-likeness (QED) is 0.655. The molecule has 0 unspecified atom stereocenters. The third-order valence-electron chi connectivity index (χ3n) is 1.15. The van der Waals surface area contributed by atoms with Crippen LogP contribution in [0.2, 0.25) is 0 Å². The van der Waals surface area contributed by atoms with Gasteiger partial charge in [0.1, 0.15) is 6.54 Å². The van der Waals surface area contributed by atoms with E-state index in [0.29, 0.717) is 6.61 Å². The molecule has 0 aliphatic rings. The maximum absolute atomic E-state index is 10.8. The van der Waals surface area contributed by atoms with E-state index in [2.05, 4.69) is 10.1 Å². The Kier molecular flexibility index (Phi) is 5.67.